The van der Waals surface area contributed by atoms with Crippen molar-refractivity contribution >= 4 is 37.2 Å². The van der Waals surface area contributed by atoms with E-state index in [2.05, 4.69) is 5.32 Å². The Morgan fingerprint density at radius 3 is 2.75 bits per heavy atom. The van der Waals surface area contributed by atoms with Crippen molar-refractivity contribution in [1.82, 2.24) is 5.32 Å². The highest BCUT2D eigenvalue weighted by Gasteiger charge is 2.39. The Morgan fingerprint density at radius 1 is 1.35 bits per heavy atom. The number of thiophene rings is 1. The molecule has 1 unspecified atom stereocenters. The Balaban J connectivity index is 1.83. The highest BCUT2D eigenvalue weighted by Crippen LogP contribution is 2.27. The second kappa shape index (κ2) is 4.56. The Labute approximate surface area is 121 Å². The quantitative estimate of drug-likeness (QED) is 0.925. The van der Waals surface area contributed by atoms with E-state index < -0.39 is 15.4 Å². The number of amides is 1. The molecule has 0 bridgehead atoms. The molecule has 1 fully saturated rings. The van der Waals surface area contributed by atoms with Crippen molar-refractivity contribution < 1.29 is 13.2 Å². The van der Waals surface area contributed by atoms with Gasteiger partial charge in [0.25, 0.3) is 5.91 Å². The van der Waals surface area contributed by atoms with E-state index in [1.54, 1.807) is 6.92 Å². The van der Waals surface area contributed by atoms with Crippen molar-refractivity contribution in [3.63, 3.8) is 0 Å². The summed E-state index contributed by atoms with van der Waals surface area (Å²) in [6.45, 7) is 1.79. The standard InChI is InChI=1S/C14H15NO3S2/c1-14(6-7-20(17,18)9-14)15-13(16)12-8-10-4-2-3-5-11(10)19-12/h2-5,8H,6-7,9H2,1H3,(H,15,16). The lowest BCUT2D eigenvalue weighted by molar-refractivity contribution is 0.0919. The van der Waals surface area contributed by atoms with Gasteiger partial charge in [-0.3, -0.25) is 4.79 Å². The molecule has 1 aliphatic rings. The zero-order valence-electron chi connectivity index (χ0n) is 11.0. The van der Waals surface area contributed by atoms with Crippen LogP contribution in [0.15, 0.2) is 30.3 Å². The van der Waals surface area contributed by atoms with Crippen LogP contribution in [-0.2, 0) is 9.84 Å². The molecule has 1 aromatic carbocycles. The predicted octanol–water partition coefficient (Wildman–Crippen LogP) is 2.21. The molecule has 0 aliphatic carbocycles. The van der Waals surface area contributed by atoms with Crippen LogP contribution in [0.2, 0.25) is 0 Å². The molecule has 1 N–H and O–H groups in total. The van der Waals surface area contributed by atoms with Gasteiger partial charge >= 0.3 is 0 Å². The number of hydrogen-bond donors (Lipinski definition) is 1. The highest BCUT2D eigenvalue weighted by atomic mass is 32.2. The summed E-state index contributed by atoms with van der Waals surface area (Å²) in [6, 6.07) is 9.65. The maximum Gasteiger partial charge on any atom is 0.261 e. The van der Waals surface area contributed by atoms with Crippen molar-refractivity contribution in [2.45, 2.75) is 18.9 Å². The van der Waals surface area contributed by atoms with Gasteiger partial charge in [0.1, 0.15) is 0 Å². The fraction of sp³-hybridized carbons (Fsp3) is 0.357. The summed E-state index contributed by atoms with van der Waals surface area (Å²) in [5, 5.41) is 3.91. The fourth-order valence-corrected chi connectivity index (χ4v) is 5.59. The molecule has 6 heteroatoms. The van der Waals surface area contributed by atoms with E-state index in [9.17, 15) is 13.2 Å². The van der Waals surface area contributed by atoms with Crippen molar-refractivity contribution in [2.24, 2.45) is 0 Å². The third kappa shape index (κ3) is 2.58. The van der Waals surface area contributed by atoms with Crippen molar-refractivity contribution in [3.05, 3.63) is 35.2 Å². The molecule has 2 aromatic rings. The second-order valence-electron chi connectivity index (χ2n) is 5.51. The van der Waals surface area contributed by atoms with Gasteiger partial charge in [0.2, 0.25) is 0 Å². The summed E-state index contributed by atoms with van der Waals surface area (Å²) in [7, 11) is -3.02. The predicted molar refractivity (Wildman–Crippen MR) is 81.0 cm³/mol. The highest BCUT2D eigenvalue weighted by molar-refractivity contribution is 7.91. The normalized spacial score (nSPS) is 24.9. The van der Waals surface area contributed by atoms with E-state index in [0.29, 0.717) is 11.3 Å². The monoisotopic (exact) mass is 309 g/mol. The average molecular weight is 309 g/mol. The zero-order chi connectivity index (χ0) is 14.4. The topological polar surface area (TPSA) is 63.2 Å². The van der Waals surface area contributed by atoms with Crippen molar-refractivity contribution in [2.75, 3.05) is 11.5 Å². The van der Waals surface area contributed by atoms with Crippen LogP contribution in [-0.4, -0.2) is 31.4 Å². The van der Waals surface area contributed by atoms with Gasteiger partial charge in [-0.1, -0.05) is 18.2 Å². The third-order valence-electron chi connectivity index (χ3n) is 3.57. The van der Waals surface area contributed by atoms with Crippen LogP contribution in [0.4, 0.5) is 0 Å². The lowest BCUT2D eigenvalue weighted by atomic mass is 10.0. The van der Waals surface area contributed by atoms with E-state index in [1.807, 2.05) is 30.3 Å². The number of nitrogens with one attached hydrogen (secondary N) is 1. The molecule has 0 saturated carbocycles. The molecule has 2 heterocycles. The van der Waals surface area contributed by atoms with Gasteiger partial charge < -0.3 is 5.32 Å². The van der Waals surface area contributed by atoms with E-state index in [4.69, 9.17) is 0 Å². The van der Waals surface area contributed by atoms with Gasteiger partial charge in [-0.15, -0.1) is 11.3 Å². The van der Waals surface area contributed by atoms with Crippen LogP contribution in [0.25, 0.3) is 10.1 Å². The summed E-state index contributed by atoms with van der Waals surface area (Å²) in [5.74, 6) is -0.0156. The van der Waals surface area contributed by atoms with Crippen LogP contribution >= 0.6 is 11.3 Å². The SMILES string of the molecule is CC1(NC(=O)c2cc3ccccc3s2)CCS(=O)(=O)C1. The summed E-state index contributed by atoms with van der Waals surface area (Å²) < 4.78 is 24.2. The third-order valence-corrected chi connectivity index (χ3v) is 6.59. The first-order valence-electron chi connectivity index (χ1n) is 6.38. The first kappa shape index (κ1) is 13.6. The van der Waals surface area contributed by atoms with E-state index >= 15 is 0 Å². The van der Waals surface area contributed by atoms with Gasteiger partial charge in [-0.25, -0.2) is 8.42 Å². The smallest absolute Gasteiger partial charge is 0.261 e. The summed E-state index contributed by atoms with van der Waals surface area (Å²) >= 11 is 1.43. The maximum atomic E-state index is 12.3. The van der Waals surface area contributed by atoms with Gasteiger partial charge in [-0.2, -0.15) is 0 Å². The maximum absolute atomic E-state index is 12.3. The largest absolute Gasteiger partial charge is 0.345 e. The molecule has 106 valence electrons. The summed E-state index contributed by atoms with van der Waals surface area (Å²) in [4.78, 5) is 12.9. The van der Waals surface area contributed by atoms with Gasteiger partial charge in [0.05, 0.1) is 21.9 Å². The Hall–Kier alpha value is -1.40. The number of sulfone groups is 1. The first-order valence-corrected chi connectivity index (χ1v) is 9.02. The number of benzene rings is 1. The Bertz CT molecular complexity index is 746. The van der Waals surface area contributed by atoms with Gasteiger partial charge in [0.15, 0.2) is 9.84 Å². The number of fused-ring (bicyclic) bond motifs is 1. The van der Waals surface area contributed by atoms with E-state index in [0.717, 1.165) is 10.1 Å². The number of hydrogen-bond acceptors (Lipinski definition) is 4. The minimum atomic E-state index is -3.02. The Morgan fingerprint density at radius 2 is 2.10 bits per heavy atom. The lowest BCUT2D eigenvalue weighted by Crippen LogP contribution is -2.46. The first-order chi connectivity index (χ1) is 9.37. The molecule has 20 heavy (non-hydrogen) atoms. The van der Waals surface area contributed by atoms with Crippen LogP contribution in [0.5, 0.6) is 0 Å². The van der Waals surface area contributed by atoms with Gasteiger partial charge in [0, 0.05) is 4.70 Å². The molecule has 1 atom stereocenters. The van der Waals surface area contributed by atoms with Crippen LogP contribution in [0, 0.1) is 0 Å². The summed E-state index contributed by atoms with van der Waals surface area (Å²) in [6.07, 6.45) is 0.478. The molecule has 1 saturated heterocycles. The fourth-order valence-electron chi connectivity index (χ4n) is 2.54. The number of rotatable bonds is 2. The number of carbonyl (C=O) groups is 1. The second-order valence-corrected chi connectivity index (χ2v) is 8.77. The molecule has 0 radical (unpaired) electrons. The average Bonchev–Trinajstić information content (AvgIpc) is 2.90. The van der Waals surface area contributed by atoms with Crippen LogP contribution in [0.3, 0.4) is 0 Å². The van der Waals surface area contributed by atoms with Gasteiger partial charge in [-0.05, 0) is 30.9 Å². The van der Waals surface area contributed by atoms with Crippen molar-refractivity contribution in [1.29, 1.82) is 0 Å². The minimum absolute atomic E-state index is 0.0244. The minimum Gasteiger partial charge on any atom is -0.345 e. The van der Waals surface area contributed by atoms with Crippen LogP contribution in [0.1, 0.15) is 23.0 Å². The van der Waals surface area contributed by atoms with Crippen molar-refractivity contribution in [3.8, 4) is 0 Å². The lowest BCUT2D eigenvalue weighted by Gasteiger charge is -2.23. The Kier molecular flexibility index (Phi) is 3.10. The van der Waals surface area contributed by atoms with E-state index in [1.165, 1.54) is 11.3 Å². The molecule has 3 rings (SSSR count). The zero-order valence-corrected chi connectivity index (χ0v) is 12.7. The van der Waals surface area contributed by atoms with E-state index in [-0.39, 0.29) is 17.4 Å². The molecule has 0 spiro atoms. The molecular formula is C14H15NO3S2. The number of carbonyl (C=O) groups excluding carboxylic acids is 1. The molecule has 1 aliphatic heterocycles. The summed E-state index contributed by atoms with van der Waals surface area (Å²) in [5.41, 5.74) is -0.647. The molecule has 1 aromatic heterocycles. The van der Waals surface area contributed by atoms with Crippen LogP contribution < -0.4 is 5.32 Å². The molecule has 1 amide bonds. The molecule has 4 nitrogen and oxygen atoms in total. The molecular weight excluding hydrogens is 294 g/mol.